The van der Waals surface area contributed by atoms with Gasteiger partial charge in [0.05, 0.1) is 9.74 Å². The monoisotopic (exact) mass is 258 g/mol. The van der Waals surface area contributed by atoms with Gasteiger partial charge < -0.3 is 22.9 Å². The molecule has 0 aliphatic heterocycles. The number of hydrogen-bond acceptors (Lipinski definition) is 5. The third-order valence-electron chi connectivity index (χ3n) is 4.16. The molecule has 0 aromatic rings. The summed E-state index contributed by atoms with van der Waals surface area (Å²) < 4.78 is 0. The minimum atomic E-state index is -0.161. The molecule has 0 heterocycles. The third-order valence-corrected chi connectivity index (χ3v) is 5.79. The van der Waals surface area contributed by atoms with Crippen molar-refractivity contribution in [2.24, 2.45) is 22.9 Å². The largest absolute Gasteiger partial charge is 0.328 e. The van der Waals surface area contributed by atoms with Crippen molar-refractivity contribution >= 4 is 11.8 Å². The Hall–Kier alpha value is 0.190. The molecule has 17 heavy (non-hydrogen) atoms. The quantitative estimate of drug-likeness (QED) is 0.549. The van der Waals surface area contributed by atoms with Crippen molar-refractivity contribution in [1.29, 1.82) is 0 Å². The van der Waals surface area contributed by atoms with Crippen LogP contribution in [-0.2, 0) is 0 Å². The lowest BCUT2D eigenvalue weighted by Crippen LogP contribution is -2.52. The molecule has 2 aliphatic carbocycles. The summed E-state index contributed by atoms with van der Waals surface area (Å²) in [5.41, 5.74) is 24.8. The highest BCUT2D eigenvalue weighted by Crippen LogP contribution is 2.45. The molecule has 0 bridgehead atoms. The fourth-order valence-electron chi connectivity index (χ4n) is 2.87. The van der Waals surface area contributed by atoms with Crippen molar-refractivity contribution in [2.45, 2.75) is 73.2 Å². The molecule has 2 rings (SSSR count). The predicted octanol–water partition coefficient (Wildman–Crippen LogP) is 0.832. The summed E-state index contributed by atoms with van der Waals surface area (Å²) in [7, 11) is 0. The first-order valence-corrected chi connectivity index (χ1v) is 7.52. The number of rotatable bonds is 2. The van der Waals surface area contributed by atoms with Crippen LogP contribution < -0.4 is 22.9 Å². The van der Waals surface area contributed by atoms with E-state index >= 15 is 0 Å². The second-order valence-electron chi connectivity index (χ2n) is 5.91. The summed E-state index contributed by atoms with van der Waals surface area (Å²) in [5, 5.41) is 0. The molecule has 4 nitrogen and oxygen atoms in total. The van der Waals surface area contributed by atoms with Gasteiger partial charge in [0.1, 0.15) is 0 Å². The zero-order chi connectivity index (χ0) is 12.5. The Bertz CT molecular complexity index is 229. The molecule has 2 fully saturated rings. The van der Waals surface area contributed by atoms with Gasteiger partial charge in [0.25, 0.3) is 0 Å². The molecule has 100 valence electrons. The van der Waals surface area contributed by atoms with Gasteiger partial charge in [-0.3, -0.25) is 0 Å². The first-order valence-electron chi connectivity index (χ1n) is 6.70. The van der Waals surface area contributed by atoms with E-state index in [1.165, 1.54) is 0 Å². The average Bonchev–Trinajstić information content (AvgIpc) is 2.28. The molecule has 2 saturated carbocycles. The maximum absolute atomic E-state index is 6.47. The van der Waals surface area contributed by atoms with Crippen molar-refractivity contribution in [1.82, 2.24) is 0 Å². The van der Waals surface area contributed by atoms with E-state index in [-0.39, 0.29) is 9.74 Å². The van der Waals surface area contributed by atoms with Gasteiger partial charge in [-0.05, 0) is 51.4 Å². The Morgan fingerprint density at radius 3 is 1.29 bits per heavy atom. The highest BCUT2D eigenvalue weighted by Gasteiger charge is 2.40. The number of nitrogens with two attached hydrogens (primary N) is 4. The molecule has 0 radical (unpaired) electrons. The van der Waals surface area contributed by atoms with Gasteiger partial charge in [0.15, 0.2) is 0 Å². The van der Waals surface area contributed by atoms with Gasteiger partial charge in [-0.25, -0.2) is 0 Å². The molecule has 0 spiro atoms. The van der Waals surface area contributed by atoms with Crippen LogP contribution in [0.25, 0.3) is 0 Å². The number of thioether (sulfide) groups is 1. The summed E-state index contributed by atoms with van der Waals surface area (Å²) in [6.45, 7) is 0. The lowest BCUT2D eigenvalue weighted by Gasteiger charge is -2.44. The van der Waals surface area contributed by atoms with E-state index in [9.17, 15) is 0 Å². The SMILES string of the molecule is NC1CCC(N)(SC2(N)CCC(N)CC2)CC1. The van der Waals surface area contributed by atoms with Crippen molar-refractivity contribution in [3.05, 3.63) is 0 Å². The van der Waals surface area contributed by atoms with E-state index in [0.717, 1.165) is 51.4 Å². The normalized spacial score (nSPS) is 48.0. The van der Waals surface area contributed by atoms with Gasteiger partial charge in [0.2, 0.25) is 0 Å². The fraction of sp³-hybridized carbons (Fsp3) is 1.00. The van der Waals surface area contributed by atoms with Crippen molar-refractivity contribution in [2.75, 3.05) is 0 Å². The molecule has 0 aromatic heterocycles. The lowest BCUT2D eigenvalue weighted by molar-refractivity contribution is 0.340. The van der Waals surface area contributed by atoms with Crippen LogP contribution in [0, 0.1) is 0 Å². The van der Waals surface area contributed by atoms with E-state index in [0.29, 0.717) is 12.1 Å². The smallest absolute Gasteiger partial charge is 0.0639 e. The van der Waals surface area contributed by atoms with Crippen molar-refractivity contribution in [3.63, 3.8) is 0 Å². The molecule has 8 N–H and O–H groups in total. The highest BCUT2D eigenvalue weighted by molar-refractivity contribution is 8.01. The zero-order valence-electron chi connectivity index (χ0n) is 10.5. The zero-order valence-corrected chi connectivity index (χ0v) is 11.3. The van der Waals surface area contributed by atoms with Gasteiger partial charge in [-0.1, -0.05) is 0 Å². The van der Waals surface area contributed by atoms with Gasteiger partial charge in [-0.2, -0.15) is 0 Å². The molecule has 2 aliphatic rings. The van der Waals surface area contributed by atoms with E-state index < -0.39 is 0 Å². The molecule has 5 heteroatoms. The predicted molar refractivity (Wildman–Crippen MR) is 74.3 cm³/mol. The van der Waals surface area contributed by atoms with Crippen LogP contribution in [-0.4, -0.2) is 21.8 Å². The Balaban J connectivity index is 1.91. The summed E-state index contributed by atoms with van der Waals surface area (Å²) >= 11 is 1.79. The molecule has 0 atom stereocenters. The van der Waals surface area contributed by atoms with E-state index in [1.807, 2.05) is 0 Å². The van der Waals surface area contributed by atoms with Crippen LogP contribution in [0.5, 0.6) is 0 Å². The van der Waals surface area contributed by atoms with Crippen LogP contribution >= 0.6 is 11.8 Å². The first-order chi connectivity index (χ1) is 7.91. The Morgan fingerprint density at radius 1 is 0.706 bits per heavy atom. The van der Waals surface area contributed by atoms with Crippen LogP contribution in [0.3, 0.4) is 0 Å². The van der Waals surface area contributed by atoms with Crippen molar-refractivity contribution < 1.29 is 0 Å². The number of hydrogen-bond donors (Lipinski definition) is 4. The van der Waals surface area contributed by atoms with Gasteiger partial charge in [-0.15, -0.1) is 11.8 Å². The third kappa shape index (κ3) is 3.58. The minimum absolute atomic E-state index is 0.161. The first kappa shape index (κ1) is 13.6. The molecule has 0 amide bonds. The van der Waals surface area contributed by atoms with E-state index in [4.69, 9.17) is 22.9 Å². The average molecular weight is 258 g/mol. The van der Waals surface area contributed by atoms with Crippen LogP contribution in [0.4, 0.5) is 0 Å². The van der Waals surface area contributed by atoms with E-state index in [1.54, 1.807) is 11.8 Å². The molecule has 0 unspecified atom stereocenters. The molecule has 0 saturated heterocycles. The van der Waals surface area contributed by atoms with Gasteiger partial charge in [0, 0.05) is 12.1 Å². The van der Waals surface area contributed by atoms with Crippen LogP contribution in [0.15, 0.2) is 0 Å². The maximum atomic E-state index is 6.47. The highest BCUT2D eigenvalue weighted by atomic mass is 32.2. The lowest BCUT2D eigenvalue weighted by atomic mass is 9.91. The fourth-order valence-corrected chi connectivity index (χ4v) is 4.56. The van der Waals surface area contributed by atoms with Crippen LogP contribution in [0.2, 0.25) is 0 Å². The maximum Gasteiger partial charge on any atom is 0.0639 e. The Kier molecular flexibility index (Phi) is 4.05. The Labute approximate surface area is 108 Å². The van der Waals surface area contributed by atoms with E-state index in [2.05, 4.69) is 0 Å². The summed E-state index contributed by atoms with van der Waals surface area (Å²) in [6, 6.07) is 0.668. The van der Waals surface area contributed by atoms with Crippen molar-refractivity contribution in [3.8, 4) is 0 Å². The Morgan fingerprint density at radius 2 is 1.00 bits per heavy atom. The summed E-state index contributed by atoms with van der Waals surface area (Å²) in [4.78, 5) is -0.321. The molecular weight excluding hydrogens is 232 g/mol. The van der Waals surface area contributed by atoms with Gasteiger partial charge >= 0.3 is 0 Å². The minimum Gasteiger partial charge on any atom is -0.328 e. The standard InChI is InChI=1S/C12H26N4S/c13-9-1-5-11(15,6-2-9)17-12(16)7-3-10(14)4-8-12/h9-10H,1-8,13-16H2. The summed E-state index contributed by atoms with van der Waals surface area (Å²) in [6.07, 6.45) is 8.07. The van der Waals surface area contributed by atoms with Crippen LogP contribution in [0.1, 0.15) is 51.4 Å². The summed E-state index contributed by atoms with van der Waals surface area (Å²) in [5.74, 6) is 0. The topological polar surface area (TPSA) is 104 Å². The second-order valence-corrected chi connectivity index (χ2v) is 7.74. The molecular formula is C12H26N4S. The molecule has 0 aromatic carbocycles. The second kappa shape index (κ2) is 5.05.